The zero-order chi connectivity index (χ0) is 77.6. The van der Waals surface area contributed by atoms with Crippen LogP contribution in [0.15, 0.2) is 154 Å². The van der Waals surface area contributed by atoms with Gasteiger partial charge in [-0.3, -0.25) is 24.0 Å². The molecule has 0 aliphatic heterocycles. The van der Waals surface area contributed by atoms with E-state index < -0.39 is 36.3 Å². The number of aryl methyl sites for hydroxylation is 2. The number of rotatable bonds is 31. The highest BCUT2D eigenvalue weighted by Gasteiger charge is 2.23. The summed E-state index contributed by atoms with van der Waals surface area (Å²) in [5.74, 6) is -3.15. The second-order valence-corrected chi connectivity index (χ2v) is 32.3. The van der Waals surface area contributed by atoms with E-state index >= 15 is 0 Å². The monoisotopic (exact) mass is 1910 g/mol. The van der Waals surface area contributed by atoms with Crippen LogP contribution in [0.5, 0.6) is 23.0 Å². The lowest BCUT2D eigenvalue weighted by atomic mass is 9.93. The molecule has 12 rings (SSSR count). The first-order chi connectivity index (χ1) is 51.6. The average molecular weight is 1910 g/mol. The minimum Gasteiger partial charge on any atom is -0.487 e. The third-order valence-electron chi connectivity index (χ3n) is 17.7. The molecule has 0 radical (unpaired) electrons. The van der Waals surface area contributed by atoms with E-state index in [9.17, 15) is 37.1 Å². The molecule has 4 fully saturated rings. The van der Waals surface area contributed by atoms with E-state index in [2.05, 4.69) is 134 Å². The van der Waals surface area contributed by atoms with Crippen molar-refractivity contribution in [2.45, 2.75) is 160 Å². The van der Waals surface area contributed by atoms with Gasteiger partial charge in [-0.2, -0.15) is 0 Å². The quantitative estimate of drug-likeness (QED) is 0.0196. The Labute approximate surface area is 684 Å². The van der Waals surface area contributed by atoms with Crippen molar-refractivity contribution in [3.63, 3.8) is 0 Å². The highest BCUT2D eigenvalue weighted by atomic mass is 79.9. The van der Waals surface area contributed by atoms with E-state index in [1.165, 1.54) is 87.1 Å². The fourth-order valence-electron chi connectivity index (χ4n) is 11.4. The Bertz CT molecular complexity index is 4290. The average Bonchev–Trinajstić information content (AvgIpc) is 0.855. The van der Waals surface area contributed by atoms with E-state index in [1.807, 2.05) is 42.5 Å². The molecule has 1 amide bonds. The van der Waals surface area contributed by atoms with Crippen molar-refractivity contribution in [3.05, 3.63) is 226 Å². The Morgan fingerprint density at radius 1 is 0.380 bits per heavy atom. The second kappa shape index (κ2) is 41.7. The van der Waals surface area contributed by atoms with Crippen LogP contribution in [0, 0.1) is 17.5 Å². The zero-order valence-electron chi connectivity index (χ0n) is 58.1. The van der Waals surface area contributed by atoms with Gasteiger partial charge in [-0.05, 0) is 340 Å². The Hall–Kier alpha value is -7.24. The van der Waals surface area contributed by atoms with Gasteiger partial charge < -0.3 is 66.0 Å². The summed E-state index contributed by atoms with van der Waals surface area (Å²) in [5, 5.41) is 51.6. The van der Waals surface area contributed by atoms with Gasteiger partial charge in [0.1, 0.15) is 67.7 Å². The third kappa shape index (κ3) is 27.4. The lowest BCUT2D eigenvalue weighted by Gasteiger charge is -2.27. The van der Waals surface area contributed by atoms with Gasteiger partial charge in [0.2, 0.25) is 0 Å². The molecular formula is C79H78Br6Cl2F3N5O13. The van der Waals surface area contributed by atoms with Crippen molar-refractivity contribution in [2.75, 3.05) is 27.8 Å². The highest BCUT2D eigenvalue weighted by molar-refractivity contribution is 9.12. The number of nitrogens with one attached hydrogen (secondary N) is 5. The lowest BCUT2D eigenvalue weighted by molar-refractivity contribution is -0.138. The molecule has 8 aromatic rings. The van der Waals surface area contributed by atoms with E-state index in [0.29, 0.717) is 102 Å². The summed E-state index contributed by atoms with van der Waals surface area (Å²) in [6.45, 7) is 0.450. The molecule has 108 heavy (non-hydrogen) atoms. The maximum atomic E-state index is 14.0. The third-order valence-corrected chi connectivity index (χ3v) is 21.8. The first kappa shape index (κ1) is 84.8. The summed E-state index contributed by atoms with van der Waals surface area (Å²) in [5.41, 5.74) is 9.13. The van der Waals surface area contributed by atoms with Gasteiger partial charge >= 0.3 is 23.9 Å². The maximum absolute atomic E-state index is 14.0. The summed E-state index contributed by atoms with van der Waals surface area (Å²) < 4.78 is 69.1. The van der Waals surface area contributed by atoms with E-state index in [4.69, 9.17) is 62.6 Å². The van der Waals surface area contributed by atoms with Gasteiger partial charge in [-0.15, -0.1) is 0 Å². The van der Waals surface area contributed by atoms with Crippen molar-refractivity contribution in [3.8, 4) is 23.0 Å². The number of anilines is 4. The smallest absolute Gasteiger partial charge is 0.322 e. The van der Waals surface area contributed by atoms with Gasteiger partial charge in [0, 0.05) is 65.3 Å². The van der Waals surface area contributed by atoms with Gasteiger partial charge in [-0.25, -0.2) is 13.2 Å². The Balaban J connectivity index is 0.000000166. The predicted octanol–water partition coefficient (Wildman–Crippen LogP) is 21.7. The molecule has 9 N–H and O–H groups in total. The fourth-order valence-corrected chi connectivity index (χ4v) is 16.5. The number of carboxylic acid groups (broad SMARTS) is 4. The summed E-state index contributed by atoms with van der Waals surface area (Å²) in [7, 11) is 0. The first-order valence-electron chi connectivity index (χ1n) is 34.8. The van der Waals surface area contributed by atoms with Crippen LogP contribution in [0.25, 0.3) is 0 Å². The molecule has 0 heterocycles. The number of aliphatic carboxylic acids is 4. The van der Waals surface area contributed by atoms with E-state index in [-0.39, 0.29) is 62.1 Å². The van der Waals surface area contributed by atoms with Gasteiger partial charge in [0.15, 0.2) is 5.75 Å². The normalized spacial score (nSPS) is 13.8. The molecular weight excluding hydrogens is 1830 g/mol. The van der Waals surface area contributed by atoms with E-state index in [1.54, 1.807) is 24.3 Å². The van der Waals surface area contributed by atoms with Crippen LogP contribution in [-0.4, -0.2) is 80.9 Å². The molecule has 4 aliphatic carbocycles. The Morgan fingerprint density at radius 2 is 0.713 bits per heavy atom. The summed E-state index contributed by atoms with van der Waals surface area (Å²) >= 11 is 33.1. The molecule has 0 spiro atoms. The van der Waals surface area contributed by atoms with Crippen molar-refractivity contribution in [1.82, 2.24) is 5.32 Å². The molecule has 8 aromatic carbocycles. The molecule has 4 saturated carbocycles. The van der Waals surface area contributed by atoms with Crippen LogP contribution in [0.2, 0.25) is 10.0 Å². The largest absolute Gasteiger partial charge is 0.487 e. The lowest BCUT2D eigenvalue weighted by Crippen LogP contribution is -2.29. The van der Waals surface area contributed by atoms with Crippen molar-refractivity contribution >= 4 is 171 Å². The van der Waals surface area contributed by atoms with Gasteiger partial charge in [0.25, 0.3) is 5.91 Å². The maximum Gasteiger partial charge on any atom is 0.322 e. The number of halogens is 11. The number of carboxylic acids is 4. The van der Waals surface area contributed by atoms with Crippen LogP contribution in [0.1, 0.15) is 139 Å². The van der Waals surface area contributed by atoms with Crippen LogP contribution < -0.4 is 45.5 Å². The molecule has 0 unspecified atom stereocenters. The van der Waals surface area contributed by atoms with Crippen molar-refractivity contribution in [1.29, 1.82) is 0 Å². The summed E-state index contributed by atoms with van der Waals surface area (Å²) in [6.07, 6.45) is 14.8. The number of carbonyl (C=O) groups excluding carboxylic acids is 1. The minimum atomic E-state index is -1.13. The van der Waals surface area contributed by atoms with Crippen LogP contribution in [-0.2, 0) is 64.9 Å². The number of ether oxygens (including phenoxy) is 4. The van der Waals surface area contributed by atoms with Crippen molar-refractivity contribution < 1.29 is 76.5 Å². The molecule has 29 heteroatoms. The van der Waals surface area contributed by atoms with Gasteiger partial charge in [0.05, 0.1) is 43.3 Å². The number of hydrogen-bond donors (Lipinski definition) is 9. The molecule has 4 aliphatic rings. The van der Waals surface area contributed by atoms with Crippen LogP contribution in [0.4, 0.5) is 35.9 Å². The van der Waals surface area contributed by atoms with E-state index in [0.717, 1.165) is 101 Å². The number of benzene rings is 8. The Kier molecular flexibility index (Phi) is 32.7. The van der Waals surface area contributed by atoms with Crippen LogP contribution in [0.3, 0.4) is 0 Å². The number of amides is 1. The summed E-state index contributed by atoms with van der Waals surface area (Å²) in [6, 6.07) is 38.0. The SMILES string of the molecule is O=C(O)CCc1cc(Br)c(OCc2cc(F)cc(NC3CCC3)c2)c(Br)c1.O=C(O)CCc1cc(Cl)c(OCc2cc(F)cc(NC3CCC3)c2)c(Cl)c1.O=C(O)CNC(=O)c1cc(Br)c(OCc2cc(F)cc(NC3CCC3)c2)c(Br)c1.O=C(O)Cc1cc(Br)c(OCc2cccc(NC3CCC3)c2)c(Br)c1. The first-order valence-corrected chi connectivity index (χ1v) is 40.3. The predicted molar refractivity (Wildman–Crippen MR) is 433 cm³/mol. The molecule has 0 saturated heterocycles. The highest BCUT2D eigenvalue weighted by Crippen LogP contribution is 2.41. The molecule has 0 aromatic heterocycles. The molecule has 0 atom stereocenters. The summed E-state index contributed by atoms with van der Waals surface area (Å²) in [4.78, 5) is 54.9. The fraction of sp³-hybridized carbons (Fsp3) is 0.329. The molecule has 574 valence electrons. The van der Waals surface area contributed by atoms with Crippen molar-refractivity contribution in [2.24, 2.45) is 0 Å². The standard InChI is InChI=1S/C20H19Br2FN2O4.C20H20Br2FNO3.C20H20Cl2FNO3.C19H19Br2NO3/c21-16-6-12(20(28)24-9-18(26)27)7-17(22)19(16)29-10-11-4-13(23)8-15(5-11)25-14-2-1-3-14;2*21-17-8-12(4-5-19(25)26)9-18(22)20(17)27-11-13-6-14(23)10-16(7-13)24-15-2-1-3-15;20-16-8-13(10-18(23)24)9-17(21)19(16)25-11-12-3-1-6-15(7-12)22-14-4-2-5-14/h4-8,14,25H,1-3,9-10H2,(H,24,28)(H,26,27);2*6-10,15,24H,1-5,11H2,(H,25,26);1,3,6-9,14,22H,2,4-5,10-11H2,(H,23,24). The second-order valence-electron chi connectivity index (χ2n) is 26.4. The molecule has 18 nitrogen and oxygen atoms in total. The zero-order valence-corrected chi connectivity index (χ0v) is 69.1. The van der Waals surface area contributed by atoms with Crippen LogP contribution >= 0.6 is 119 Å². The minimum absolute atomic E-state index is 0.00702. The molecule has 0 bridgehead atoms. The number of carbonyl (C=O) groups is 5. The van der Waals surface area contributed by atoms with Gasteiger partial charge in [-0.1, -0.05) is 35.3 Å². The Morgan fingerprint density at radius 3 is 1.06 bits per heavy atom. The number of hydrogen-bond acceptors (Lipinski definition) is 13. The topological polar surface area (TPSA) is 263 Å².